The van der Waals surface area contributed by atoms with Gasteiger partial charge in [0.1, 0.15) is 0 Å². The van der Waals surface area contributed by atoms with Crippen LogP contribution in [-0.4, -0.2) is 4.57 Å². The van der Waals surface area contributed by atoms with Crippen LogP contribution in [0, 0.1) is 0 Å². The third-order valence-electron chi connectivity index (χ3n) is 9.99. The highest BCUT2D eigenvalue weighted by Crippen LogP contribution is 2.39. The van der Waals surface area contributed by atoms with E-state index in [1.165, 1.54) is 86.5 Å². The van der Waals surface area contributed by atoms with E-state index < -0.39 is 0 Å². The first-order valence-electron chi connectivity index (χ1n) is 17.1. The molecular formula is C48H31NS. The molecule has 8 aromatic carbocycles. The van der Waals surface area contributed by atoms with Crippen molar-refractivity contribution in [3.05, 3.63) is 188 Å². The summed E-state index contributed by atoms with van der Waals surface area (Å²) in [4.78, 5) is 0. The lowest BCUT2D eigenvalue weighted by Crippen LogP contribution is -1.96. The molecule has 2 aromatic heterocycles. The van der Waals surface area contributed by atoms with Crippen molar-refractivity contribution in [2.24, 2.45) is 0 Å². The zero-order valence-corrected chi connectivity index (χ0v) is 28.1. The molecule has 0 aliphatic heterocycles. The van der Waals surface area contributed by atoms with Crippen molar-refractivity contribution >= 4 is 53.3 Å². The van der Waals surface area contributed by atoms with E-state index >= 15 is 0 Å². The number of aromatic nitrogens is 1. The topological polar surface area (TPSA) is 4.93 Å². The number of fused-ring (bicyclic) bond motifs is 6. The minimum Gasteiger partial charge on any atom is -0.309 e. The summed E-state index contributed by atoms with van der Waals surface area (Å²) in [6, 6.07) is 68.7. The number of hydrogen-bond donors (Lipinski definition) is 0. The maximum atomic E-state index is 2.43. The van der Waals surface area contributed by atoms with E-state index in [2.05, 4.69) is 193 Å². The lowest BCUT2D eigenvalue weighted by Gasteiger charge is -2.14. The number of benzene rings is 8. The van der Waals surface area contributed by atoms with Gasteiger partial charge in [-0.05, 0) is 99.1 Å². The molecule has 0 bridgehead atoms. The first-order valence-corrected chi connectivity index (χ1v) is 17.9. The Kier molecular flexibility index (Phi) is 6.75. The van der Waals surface area contributed by atoms with Gasteiger partial charge < -0.3 is 4.57 Å². The molecule has 0 aliphatic rings. The van der Waals surface area contributed by atoms with Gasteiger partial charge in [-0.1, -0.05) is 133 Å². The summed E-state index contributed by atoms with van der Waals surface area (Å²) >= 11 is 1.86. The maximum Gasteiger partial charge on any atom is 0.0541 e. The first kappa shape index (κ1) is 28.8. The molecule has 1 nitrogen and oxygen atoms in total. The molecule has 0 unspecified atom stereocenters. The van der Waals surface area contributed by atoms with Gasteiger partial charge in [-0.25, -0.2) is 0 Å². The largest absolute Gasteiger partial charge is 0.309 e. The molecule has 0 aliphatic carbocycles. The van der Waals surface area contributed by atoms with Crippen molar-refractivity contribution in [3.8, 4) is 50.2 Å². The Hall–Kier alpha value is -6.22. The van der Waals surface area contributed by atoms with Gasteiger partial charge in [0, 0.05) is 36.6 Å². The summed E-state index contributed by atoms with van der Waals surface area (Å²) in [6.07, 6.45) is 0. The van der Waals surface area contributed by atoms with E-state index in [0.29, 0.717) is 0 Å². The lowest BCUT2D eigenvalue weighted by molar-refractivity contribution is 1.18. The van der Waals surface area contributed by atoms with Crippen LogP contribution in [0.3, 0.4) is 0 Å². The van der Waals surface area contributed by atoms with Crippen molar-refractivity contribution in [1.82, 2.24) is 4.57 Å². The quantitative estimate of drug-likeness (QED) is 0.174. The van der Waals surface area contributed by atoms with E-state index in [4.69, 9.17) is 0 Å². The molecule has 10 aromatic rings. The van der Waals surface area contributed by atoms with Crippen LogP contribution in [0.4, 0.5) is 0 Å². The van der Waals surface area contributed by atoms with Crippen LogP contribution in [0.15, 0.2) is 188 Å². The third-order valence-corrected chi connectivity index (χ3v) is 11.1. The van der Waals surface area contributed by atoms with Crippen LogP contribution in [-0.2, 0) is 0 Å². The van der Waals surface area contributed by atoms with Gasteiger partial charge in [0.2, 0.25) is 0 Å². The van der Waals surface area contributed by atoms with Gasteiger partial charge in [0.25, 0.3) is 0 Å². The molecule has 0 atom stereocenters. The Balaban J connectivity index is 1.08. The highest BCUT2D eigenvalue weighted by Gasteiger charge is 2.16. The number of thiophene rings is 1. The number of para-hydroxylation sites is 1. The second-order valence-electron chi connectivity index (χ2n) is 13.0. The molecule has 2 heteroatoms. The number of hydrogen-bond acceptors (Lipinski definition) is 1. The van der Waals surface area contributed by atoms with Gasteiger partial charge in [0.15, 0.2) is 0 Å². The van der Waals surface area contributed by atoms with E-state index in [1.54, 1.807) is 0 Å². The zero-order valence-electron chi connectivity index (χ0n) is 27.3. The molecule has 0 saturated heterocycles. The molecule has 50 heavy (non-hydrogen) atoms. The highest BCUT2D eigenvalue weighted by molar-refractivity contribution is 7.25. The second kappa shape index (κ2) is 11.7. The Morgan fingerprint density at radius 3 is 1.44 bits per heavy atom. The Morgan fingerprint density at radius 2 is 0.760 bits per heavy atom. The van der Waals surface area contributed by atoms with Gasteiger partial charge >= 0.3 is 0 Å². The van der Waals surface area contributed by atoms with Crippen molar-refractivity contribution in [2.75, 3.05) is 0 Å². The molecule has 10 rings (SSSR count). The first-order chi connectivity index (χ1) is 24.8. The fraction of sp³-hybridized carbons (Fsp3) is 0. The molecule has 0 saturated carbocycles. The van der Waals surface area contributed by atoms with E-state index in [-0.39, 0.29) is 0 Å². The average Bonchev–Trinajstić information content (AvgIpc) is 3.73. The van der Waals surface area contributed by atoms with Gasteiger partial charge in [-0.15, -0.1) is 11.3 Å². The maximum absolute atomic E-state index is 2.43. The number of rotatable bonds is 5. The fourth-order valence-electron chi connectivity index (χ4n) is 7.53. The zero-order chi connectivity index (χ0) is 33.0. The van der Waals surface area contributed by atoms with Gasteiger partial charge in [-0.2, -0.15) is 0 Å². The molecule has 0 radical (unpaired) electrons. The Bertz CT molecular complexity index is 2780. The summed E-state index contributed by atoms with van der Waals surface area (Å²) in [5.41, 5.74) is 13.3. The molecule has 2 heterocycles. The molecular weight excluding hydrogens is 623 g/mol. The number of nitrogens with zero attached hydrogens (tertiary/aromatic N) is 1. The summed E-state index contributed by atoms with van der Waals surface area (Å²) in [7, 11) is 0. The average molecular weight is 654 g/mol. The van der Waals surface area contributed by atoms with Crippen LogP contribution < -0.4 is 0 Å². The standard InChI is InChI=1S/C48H31NS/c1-3-11-32(12-4-1)38-27-39(33-13-5-2-6-14-33)29-40(28-38)49-45-17-9-7-15-41(45)43-30-36(23-25-46(43)49)34-19-21-35(22-20-34)37-24-26-48-44(31-37)42-16-8-10-18-47(42)50-48/h1-31H. The predicted molar refractivity (Wildman–Crippen MR) is 215 cm³/mol. The Labute approximate surface area is 295 Å². The van der Waals surface area contributed by atoms with Crippen LogP contribution in [0.5, 0.6) is 0 Å². The minimum atomic E-state index is 1.16. The smallest absolute Gasteiger partial charge is 0.0541 e. The predicted octanol–water partition coefficient (Wildman–Crippen LogP) is 13.8. The molecule has 234 valence electrons. The van der Waals surface area contributed by atoms with Crippen LogP contribution in [0.25, 0.3) is 92.2 Å². The molecule has 0 fully saturated rings. The summed E-state index contributed by atoms with van der Waals surface area (Å²) < 4.78 is 5.11. The second-order valence-corrected chi connectivity index (χ2v) is 14.1. The summed E-state index contributed by atoms with van der Waals surface area (Å²) in [6.45, 7) is 0. The van der Waals surface area contributed by atoms with Crippen molar-refractivity contribution in [3.63, 3.8) is 0 Å². The van der Waals surface area contributed by atoms with Crippen molar-refractivity contribution in [2.45, 2.75) is 0 Å². The fourth-order valence-corrected chi connectivity index (χ4v) is 8.61. The molecule has 0 amide bonds. The molecule has 0 N–H and O–H groups in total. The normalized spacial score (nSPS) is 11.6. The summed E-state index contributed by atoms with van der Waals surface area (Å²) in [5.74, 6) is 0. The van der Waals surface area contributed by atoms with E-state index in [0.717, 1.165) is 5.69 Å². The SMILES string of the molecule is c1ccc(-c2cc(-c3ccccc3)cc(-n3c4ccccc4c4cc(-c5ccc(-c6ccc7sc8ccccc8c7c6)cc5)ccc43)c2)cc1. The highest BCUT2D eigenvalue weighted by atomic mass is 32.1. The van der Waals surface area contributed by atoms with Crippen LogP contribution in [0.2, 0.25) is 0 Å². The van der Waals surface area contributed by atoms with Crippen molar-refractivity contribution in [1.29, 1.82) is 0 Å². The monoisotopic (exact) mass is 653 g/mol. The molecule has 0 spiro atoms. The van der Waals surface area contributed by atoms with Crippen molar-refractivity contribution < 1.29 is 0 Å². The Morgan fingerprint density at radius 1 is 0.280 bits per heavy atom. The lowest BCUT2D eigenvalue weighted by atomic mass is 9.97. The van der Waals surface area contributed by atoms with Crippen LogP contribution >= 0.6 is 11.3 Å². The summed E-state index contributed by atoms with van der Waals surface area (Å²) in [5, 5.41) is 5.17. The van der Waals surface area contributed by atoms with Gasteiger partial charge in [0.05, 0.1) is 11.0 Å². The minimum absolute atomic E-state index is 1.16. The third kappa shape index (κ3) is 4.84. The van der Waals surface area contributed by atoms with Crippen LogP contribution in [0.1, 0.15) is 0 Å². The van der Waals surface area contributed by atoms with E-state index in [9.17, 15) is 0 Å². The van der Waals surface area contributed by atoms with E-state index in [1.807, 2.05) is 11.3 Å². The van der Waals surface area contributed by atoms with Gasteiger partial charge in [-0.3, -0.25) is 0 Å².